The largest absolute Gasteiger partial charge is 0.456 e. The van der Waals surface area contributed by atoms with Crippen LogP contribution in [0.25, 0.3) is 22.6 Å². The van der Waals surface area contributed by atoms with Crippen molar-refractivity contribution >= 4 is 40.2 Å². The van der Waals surface area contributed by atoms with E-state index in [-0.39, 0.29) is 17.1 Å². The van der Waals surface area contributed by atoms with Crippen molar-refractivity contribution in [2.45, 2.75) is 12.8 Å². The standard InChI is InChI=1S/C21H15ClO4/c22-12-19(23)25-15-7-9-18-17(11-15)20(24)16-8-6-14(21(16)26-18)10-13-4-2-1-3-5-13/h1-5,7,9-11H,6,8,12H2/b14-10+. The highest BCUT2D eigenvalue weighted by molar-refractivity contribution is 6.26. The molecule has 3 aromatic rings. The van der Waals surface area contributed by atoms with E-state index >= 15 is 0 Å². The fourth-order valence-corrected chi connectivity index (χ4v) is 3.24. The molecule has 1 aliphatic rings. The average Bonchev–Trinajstić information content (AvgIpc) is 3.06. The zero-order valence-corrected chi connectivity index (χ0v) is 14.6. The summed E-state index contributed by atoms with van der Waals surface area (Å²) in [7, 11) is 0. The van der Waals surface area contributed by atoms with Gasteiger partial charge in [0.1, 0.15) is 23.0 Å². The molecule has 5 heteroatoms. The lowest BCUT2D eigenvalue weighted by Gasteiger charge is -2.06. The fraction of sp³-hybridized carbons (Fsp3) is 0.143. The second-order valence-corrected chi connectivity index (χ2v) is 6.35. The lowest BCUT2D eigenvalue weighted by molar-refractivity contribution is -0.131. The summed E-state index contributed by atoms with van der Waals surface area (Å²) in [5, 5.41) is 0.407. The number of benzene rings is 2. The molecule has 0 fully saturated rings. The number of ether oxygens (including phenoxy) is 1. The van der Waals surface area contributed by atoms with Crippen molar-refractivity contribution in [3.63, 3.8) is 0 Å². The van der Waals surface area contributed by atoms with E-state index in [2.05, 4.69) is 6.08 Å². The minimum absolute atomic E-state index is 0.0820. The van der Waals surface area contributed by atoms with Crippen molar-refractivity contribution in [2.24, 2.45) is 0 Å². The molecule has 4 nitrogen and oxygen atoms in total. The highest BCUT2D eigenvalue weighted by Gasteiger charge is 2.24. The van der Waals surface area contributed by atoms with E-state index in [1.54, 1.807) is 12.1 Å². The normalized spacial score (nSPS) is 14.6. The van der Waals surface area contributed by atoms with Crippen LogP contribution in [0.15, 0.2) is 57.7 Å². The summed E-state index contributed by atoms with van der Waals surface area (Å²) < 4.78 is 11.1. The molecule has 1 heterocycles. The fourth-order valence-electron chi connectivity index (χ4n) is 3.18. The Morgan fingerprint density at radius 2 is 1.96 bits per heavy atom. The third-order valence-electron chi connectivity index (χ3n) is 4.37. The summed E-state index contributed by atoms with van der Waals surface area (Å²) in [6.07, 6.45) is 3.45. The Hall–Kier alpha value is -2.85. The SMILES string of the molecule is O=C(CCl)Oc1ccc2oc3c(c(=O)c2c1)CC/C3=C\c1ccccc1. The molecule has 0 saturated carbocycles. The van der Waals surface area contributed by atoms with Crippen molar-refractivity contribution in [3.05, 3.63) is 75.6 Å². The molecular formula is C21H15ClO4. The van der Waals surface area contributed by atoms with Gasteiger partial charge >= 0.3 is 5.97 Å². The van der Waals surface area contributed by atoms with E-state index in [4.69, 9.17) is 20.8 Å². The Morgan fingerprint density at radius 1 is 1.15 bits per heavy atom. The minimum atomic E-state index is -0.565. The zero-order valence-electron chi connectivity index (χ0n) is 13.8. The third-order valence-corrected chi connectivity index (χ3v) is 4.59. The van der Waals surface area contributed by atoms with E-state index in [9.17, 15) is 9.59 Å². The molecule has 0 aliphatic heterocycles. The summed E-state index contributed by atoms with van der Waals surface area (Å²) in [6, 6.07) is 14.7. The lowest BCUT2D eigenvalue weighted by Crippen LogP contribution is -2.11. The van der Waals surface area contributed by atoms with Gasteiger partial charge in [0.2, 0.25) is 0 Å². The monoisotopic (exact) mass is 366 g/mol. The summed E-state index contributed by atoms with van der Waals surface area (Å²) in [4.78, 5) is 24.2. The molecule has 130 valence electrons. The van der Waals surface area contributed by atoms with Gasteiger partial charge in [-0.05, 0) is 48.3 Å². The summed E-state index contributed by atoms with van der Waals surface area (Å²) in [5.74, 6) is 0.125. The zero-order chi connectivity index (χ0) is 18.1. The van der Waals surface area contributed by atoms with Crippen LogP contribution in [0.1, 0.15) is 23.3 Å². The number of alkyl halides is 1. The number of hydrogen-bond acceptors (Lipinski definition) is 4. The predicted molar refractivity (Wildman–Crippen MR) is 101 cm³/mol. The number of carbonyl (C=O) groups excluding carboxylic acids is 1. The van der Waals surface area contributed by atoms with E-state index in [0.29, 0.717) is 28.7 Å². The molecule has 26 heavy (non-hydrogen) atoms. The highest BCUT2D eigenvalue weighted by Crippen LogP contribution is 2.34. The van der Waals surface area contributed by atoms with Gasteiger partial charge in [-0.25, -0.2) is 0 Å². The van der Waals surface area contributed by atoms with Crippen molar-refractivity contribution in [1.29, 1.82) is 0 Å². The molecule has 0 N–H and O–H groups in total. The first kappa shape index (κ1) is 16.6. The van der Waals surface area contributed by atoms with Crippen LogP contribution < -0.4 is 10.2 Å². The Kier molecular flexibility index (Phi) is 4.35. The van der Waals surface area contributed by atoms with Crippen molar-refractivity contribution < 1.29 is 13.9 Å². The number of esters is 1. The van der Waals surface area contributed by atoms with Gasteiger partial charge in [-0.3, -0.25) is 9.59 Å². The van der Waals surface area contributed by atoms with Gasteiger partial charge in [-0.15, -0.1) is 11.6 Å². The second-order valence-electron chi connectivity index (χ2n) is 6.08. The maximum absolute atomic E-state index is 12.9. The van der Waals surface area contributed by atoms with Gasteiger partial charge in [-0.2, -0.15) is 0 Å². The van der Waals surface area contributed by atoms with Crippen molar-refractivity contribution in [1.82, 2.24) is 0 Å². The maximum atomic E-state index is 12.9. The van der Waals surface area contributed by atoms with Gasteiger partial charge in [-0.1, -0.05) is 30.3 Å². The summed E-state index contributed by atoms with van der Waals surface area (Å²) >= 11 is 5.45. The first-order chi connectivity index (χ1) is 12.7. The van der Waals surface area contributed by atoms with Crippen molar-refractivity contribution in [3.8, 4) is 5.75 Å². The van der Waals surface area contributed by atoms with E-state index in [0.717, 1.165) is 17.6 Å². The Balaban J connectivity index is 1.80. The van der Waals surface area contributed by atoms with Crippen LogP contribution in [0, 0.1) is 0 Å². The third kappa shape index (κ3) is 3.04. The first-order valence-electron chi connectivity index (χ1n) is 8.28. The molecule has 0 spiro atoms. The molecule has 0 radical (unpaired) electrons. The number of halogens is 1. The number of fused-ring (bicyclic) bond motifs is 2. The number of hydrogen-bond donors (Lipinski definition) is 0. The topological polar surface area (TPSA) is 56.5 Å². The van der Waals surface area contributed by atoms with Crippen LogP contribution in [0.2, 0.25) is 0 Å². The van der Waals surface area contributed by atoms with Crippen LogP contribution in [0.5, 0.6) is 5.75 Å². The number of carbonyl (C=O) groups is 1. The molecule has 4 rings (SSSR count). The van der Waals surface area contributed by atoms with Crippen LogP contribution in [-0.2, 0) is 11.2 Å². The van der Waals surface area contributed by atoms with E-state index in [1.807, 2.05) is 30.3 Å². The van der Waals surface area contributed by atoms with Crippen LogP contribution >= 0.6 is 11.6 Å². The van der Waals surface area contributed by atoms with E-state index in [1.165, 1.54) is 6.07 Å². The molecule has 0 saturated heterocycles. The smallest absolute Gasteiger partial charge is 0.326 e. The van der Waals surface area contributed by atoms with Crippen molar-refractivity contribution in [2.75, 3.05) is 5.88 Å². The Labute approximate surface area is 154 Å². The molecule has 1 aliphatic carbocycles. The molecule has 0 bridgehead atoms. The van der Waals surface area contributed by atoms with Crippen LogP contribution in [-0.4, -0.2) is 11.8 Å². The Bertz CT molecular complexity index is 1080. The summed E-state index contributed by atoms with van der Waals surface area (Å²) in [5.41, 5.74) is 3.14. The van der Waals surface area contributed by atoms with Crippen LogP contribution in [0.3, 0.4) is 0 Å². The minimum Gasteiger partial charge on any atom is -0.456 e. The van der Waals surface area contributed by atoms with E-state index < -0.39 is 5.97 Å². The maximum Gasteiger partial charge on any atom is 0.326 e. The molecule has 0 atom stereocenters. The number of allylic oxidation sites excluding steroid dienone is 1. The highest BCUT2D eigenvalue weighted by atomic mass is 35.5. The summed E-state index contributed by atoms with van der Waals surface area (Å²) in [6.45, 7) is 0. The molecule has 0 amide bonds. The van der Waals surface area contributed by atoms with Gasteiger partial charge < -0.3 is 9.15 Å². The van der Waals surface area contributed by atoms with Gasteiger partial charge in [0, 0.05) is 5.56 Å². The molecule has 1 aromatic heterocycles. The van der Waals surface area contributed by atoms with Crippen LogP contribution in [0.4, 0.5) is 0 Å². The van der Waals surface area contributed by atoms with Gasteiger partial charge in [0.15, 0.2) is 5.43 Å². The molecule has 0 unspecified atom stereocenters. The predicted octanol–water partition coefficient (Wildman–Crippen LogP) is 4.42. The number of rotatable bonds is 3. The molecular weight excluding hydrogens is 352 g/mol. The first-order valence-corrected chi connectivity index (χ1v) is 8.81. The molecule has 2 aromatic carbocycles. The quantitative estimate of drug-likeness (QED) is 0.391. The lowest BCUT2D eigenvalue weighted by atomic mass is 10.1. The van der Waals surface area contributed by atoms with Gasteiger partial charge in [0.25, 0.3) is 0 Å². The average molecular weight is 367 g/mol. The van der Waals surface area contributed by atoms with Gasteiger partial charge in [0.05, 0.1) is 5.39 Å². The Morgan fingerprint density at radius 3 is 2.73 bits per heavy atom. The second kappa shape index (κ2) is 6.81.